The Morgan fingerprint density at radius 1 is 1.17 bits per heavy atom. The number of hydrogen-bond acceptors (Lipinski definition) is 5. The minimum Gasteiger partial charge on any atom is -0.378 e. The van der Waals surface area contributed by atoms with Crippen LogP contribution in [0.2, 0.25) is 0 Å². The van der Waals surface area contributed by atoms with Gasteiger partial charge in [-0.15, -0.1) is 0 Å². The van der Waals surface area contributed by atoms with Gasteiger partial charge in [0.1, 0.15) is 0 Å². The van der Waals surface area contributed by atoms with Crippen LogP contribution >= 0.6 is 0 Å². The number of hydrogen-bond donors (Lipinski definition) is 1. The molecule has 0 amide bonds. The Bertz CT molecular complexity index is 480. The average molecular weight is 321 g/mol. The van der Waals surface area contributed by atoms with E-state index in [0.29, 0.717) is 29.9 Å². The third kappa shape index (κ3) is 4.13. The predicted molar refractivity (Wildman–Crippen MR) is 89.4 cm³/mol. The lowest BCUT2D eigenvalue weighted by Crippen LogP contribution is -2.39. The third-order valence-electron chi connectivity index (χ3n) is 5.47. The molecule has 0 aromatic carbocycles. The summed E-state index contributed by atoms with van der Waals surface area (Å²) in [5, 5.41) is 7.82. The highest BCUT2D eigenvalue weighted by molar-refractivity contribution is 4.97. The van der Waals surface area contributed by atoms with Crippen molar-refractivity contribution in [3.05, 3.63) is 11.7 Å². The predicted octanol–water partition coefficient (Wildman–Crippen LogP) is 3.31. The van der Waals surface area contributed by atoms with Crippen molar-refractivity contribution in [2.45, 2.75) is 77.4 Å². The van der Waals surface area contributed by atoms with E-state index in [1.54, 1.807) is 0 Å². The van der Waals surface area contributed by atoms with E-state index in [0.717, 1.165) is 44.1 Å². The Morgan fingerprint density at radius 3 is 2.61 bits per heavy atom. The number of ether oxygens (including phenoxy) is 1. The number of rotatable bonds is 6. The SMILES string of the molecule is CCc1noc(C2CCC(NC[C@H]3CCO[C@@H]3C(C)C)CC2)n1. The van der Waals surface area contributed by atoms with Crippen LogP contribution in [-0.4, -0.2) is 35.4 Å². The van der Waals surface area contributed by atoms with Crippen molar-refractivity contribution in [1.82, 2.24) is 15.5 Å². The first-order valence-corrected chi connectivity index (χ1v) is 9.34. The maximum absolute atomic E-state index is 5.89. The van der Waals surface area contributed by atoms with Crippen molar-refractivity contribution in [2.75, 3.05) is 13.2 Å². The molecule has 1 aromatic rings. The van der Waals surface area contributed by atoms with E-state index in [1.807, 2.05) is 0 Å². The van der Waals surface area contributed by atoms with Gasteiger partial charge in [0.25, 0.3) is 0 Å². The van der Waals surface area contributed by atoms with Gasteiger partial charge in [0.05, 0.1) is 6.10 Å². The van der Waals surface area contributed by atoms with Gasteiger partial charge in [0.2, 0.25) is 5.89 Å². The van der Waals surface area contributed by atoms with Crippen molar-refractivity contribution in [3.8, 4) is 0 Å². The Balaban J connectivity index is 1.42. The zero-order valence-electron chi connectivity index (χ0n) is 14.8. The van der Waals surface area contributed by atoms with Gasteiger partial charge in [-0.25, -0.2) is 0 Å². The summed E-state index contributed by atoms with van der Waals surface area (Å²) >= 11 is 0. The maximum Gasteiger partial charge on any atom is 0.229 e. The second kappa shape index (κ2) is 7.75. The van der Waals surface area contributed by atoms with Gasteiger partial charge in [-0.05, 0) is 43.9 Å². The topological polar surface area (TPSA) is 60.2 Å². The van der Waals surface area contributed by atoms with Crippen molar-refractivity contribution in [1.29, 1.82) is 0 Å². The summed E-state index contributed by atoms with van der Waals surface area (Å²) < 4.78 is 11.3. The summed E-state index contributed by atoms with van der Waals surface area (Å²) in [5.74, 6) is 3.44. The lowest BCUT2D eigenvalue weighted by atomic mass is 9.85. The highest BCUT2D eigenvalue weighted by Gasteiger charge is 2.32. The molecule has 0 unspecified atom stereocenters. The molecule has 2 aliphatic rings. The van der Waals surface area contributed by atoms with Crippen molar-refractivity contribution in [2.24, 2.45) is 11.8 Å². The first-order valence-electron chi connectivity index (χ1n) is 9.34. The van der Waals surface area contributed by atoms with Crippen LogP contribution in [0.3, 0.4) is 0 Å². The van der Waals surface area contributed by atoms with Gasteiger partial charge in [0, 0.05) is 31.5 Å². The Hall–Kier alpha value is -0.940. The van der Waals surface area contributed by atoms with Gasteiger partial charge in [0.15, 0.2) is 5.82 Å². The van der Waals surface area contributed by atoms with Crippen LogP contribution < -0.4 is 5.32 Å². The molecule has 23 heavy (non-hydrogen) atoms. The molecule has 1 N–H and O–H groups in total. The van der Waals surface area contributed by atoms with Gasteiger partial charge in [-0.3, -0.25) is 0 Å². The molecule has 130 valence electrons. The van der Waals surface area contributed by atoms with Crippen LogP contribution in [0.5, 0.6) is 0 Å². The molecule has 1 saturated heterocycles. The molecule has 2 atom stereocenters. The molecule has 1 aliphatic heterocycles. The zero-order chi connectivity index (χ0) is 16.2. The van der Waals surface area contributed by atoms with Gasteiger partial charge >= 0.3 is 0 Å². The van der Waals surface area contributed by atoms with Crippen LogP contribution in [0.1, 0.15) is 70.5 Å². The summed E-state index contributed by atoms with van der Waals surface area (Å²) in [4.78, 5) is 4.50. The summed E-state index contributed by atoms with van der Waals surface area (Å²) in [6.07, 6.45) is 7.19. The monoisotopic (exact) mass is 321 g/mol. The first kappa shape index (κ1) is 16.9. The van der Waals surface area contributed by atoms with E-state index in [9.17, 15) is 0 Å². The number of aryl methyl sites for hydroxylation is 1. The Kier molecular flexibility index (Phi) is 5.70. The zero-order valence-corrected chi connectivity index (χ0v) is 14.8. The molecular weight excluding hydrogens is 290 g/mol. The highest BCUT2D eigenvalue weighted by Crippen LogP contribution is 2.32. The number of nitrogens with zero attached hydrogens (tertiary/aromatic N) is 2. The molecule has 0 bridgehead atoms. The van der Waals surface area contributed by atoms with E-state index in [1.165, 1.54) is 19.3 Å². The summed E-state index contributed by atoms with van der Waals surface area (Å²) in [6.45, 7) is 8.62. The lowest BCUT2D eigenvalue weighted by molar-refractivity contribution is 0.0530. The van der Waals surface area contributed by atoms with Gasteiger partial charge in [-0.2, -0.15) is 4.98 Å². The molecule has 3 rings (SSSR count). The molecule has 5 nitrogen and oxygen atoms in total. The van der Waals surface area contributed by atoms with Crippen molar-refractivity contribution in [3.63, 3.8) is 0 Å². The second-order valence-corrected chi connectivity index (χ2v) is 7.49. The van der Waals surface area contributed by atoms with Gasteiger partial charge < -0.3 is 14.6 Å². The summed E-state index contributed by atoms with van der Waals surface area (Å²) in [7, 11) is 0. The quantitative estimate of drug-likeness (QED) is 0.871. The molecule has 2 fully saturated rings. The smallest absolute Gasteiger partial charge is 0.229 e. The third-order valence-corrected chi connectivity index (χ3v) is 5.47. The highest BCUT2D eigenvalue weighted by atomic mass is 16.5. The van der Waals surface area contributed by atoms with E-state index >= 15 is 0 Å². The fourth-order valence-corrected chi connectivity index (χ4v) is 4.05. The lowest BCUT2D eigenvalue weighted by Gasteiger charge is -2.29. The minimum atomic E-state index is 0.435. The molecule has 0 radical (unpaired) electrons. The van der Waals surface area contributed by atoms with E-state index in [2.05, 4.69) is 36.2 Å². The normalized spacial score (nSPS) is 31.8. The minimum absolute atomic E-state index is 0.435. The first-order chi connectivity index (χ1) is 11.2. The Labute approximate surface area is 139 Å². The standard InChI is InChI=1S/C18H31N3O2/c1-4-16-20-18(23-21-16)13-5-7-15(8-6-13)19-11-14-9-10-22-17(14)12(2)3/h12-15,17,19H,4-11H2,1-3H3/t13?,14-,15?,17-/m1/s1. The van der Waals surface area contributed by atoms with Crippen molar-refractivity contribution >= 4 is 0 Å². The fraction of sp³-hybridized carbons (Fsp3) is 0.889. The van der Waals surface area contributed by atoms with Crippen LogP contribution in [0, 0.1) is 11.8 Å². The van der Waals surface area contributed by atoms with Crippen LogP contribution in [0.4, 0.5) is 0 Å². The van der Waals surface area contributed by atoms with Gasteiger partial charge in [-0.1, -0.05) is 25.9 Å². The van der Waals surface area contributed by atoms with E-state index < -0.39 is 0 Å². The van der Waals surface area contributed by atoms with Crippen LogP contribution in [0.15, 0.2) is 4.52 Å². The maximum atomic E-state index is 5.89. The van der Waals surface area contributed by atoms with Crippen LogP contribution in [0.25, 0.3) is 0 Å². The number of aromatic nitrogens is 2. The molecule has 2 heterocycles. The number of nitrogens with one attached hydrogen (secondary N) is 1. The van der Waals surface area contributed by atoms with Crippen molar-refractivity contribution < 1.29 is 9.26 Å². The fourth-order valence-electron chi connectivity index (χ4n) is 4.05. The molecule has 1 aromatic heterocycles. The molecule has 1 aliphatic carbocycles. The largest absolute Gasteiger partial charge is 0.378 e. The Morgan fingerprint density at radius 2 is 1.96 bits per heavy atom. The molecule has 1 saturated carbocycles. The second-order valence-electron chi connectivity index (χ2n) is 7.49. The van der Waals surface area contributed by atoms with Crippen LogP contribution in [-0.2, 0) is 11.2 Å². The molecular formula is C18H31N3O2. The molecule has 0 spiro atoms. The average Bonchev–Trinajstić information content (AvgIpc) is 3.22. The van der Waals surface area contributed by atoms with E-state index in [-0.39, 0.29) is 0 Å². The summed E-state index contributed by atoms with van der Waals surface area (Å²) in [5.41, 5.74) is 0. The molecule has 5 heteroatoms. The van der Waals surface area contributed by atoms with E-state index in [4.69, 9.17) is 9.26 Å². The summed E-state index contributed by atoms with van der Waals surface area (Å²) in [6, 6.07) is 0.633.